The number of amides is 1. The molecule has 1 atom stereocenters. The van der Waals surface area contributed by atoms with Gasteiger partial charge in [0.05, 0.1) is 0 Å². The van der Waals surface area contributed by atoms with Crippen LogP contribution in [0.5, 0.6) is 0 Å². The Morgan fingerprint density at radius 1 is 1.28 bits per heavy atom. The van der Waals surface area contributed by atoms with Gasteiger partial charge in [-0.3, -0.25) is 4.90 Å². The molecule has 0 aromatic heterocycles. The summed E-state index contributed by atoms with van der Waals surface area (Å²) in [6.45, 7) is 5.85. The van der Waals surface area contributed by atoms with Crippen molar-refractivity contribution in [2.75, 3.05) is 6.54 Å². The summed E-state index contributed by atoms with van der Waals surface area (Å²) in [7, 11) is 0. The topological polar surface area (TPSA) is 66.8 Å². The molecular weight excluding hydrogens is 234 g/mol. The molecule has 102 valence electrons. The largest absolute Gasteiger partial charge is 0.480 e. The van der Waals surface area contributed by atoms with Crippen molar-refractivity contribution in [3.63, 3.8) is 0 Å². The predicted octanol–water partition coefficient (Wildman–Crippen LogP) is 2.25. The Hall–Kier alpha value is -1.26. The SMILES string of the molecule is CC(C)(C)OC(=O)N1CCC2(CC2)C[C@H]1C(=O)O. The standard InChI is InChI=1S/C13H21NO4/c1-12(2,3)18-11(17)14-7-6-13(4-5-13)8-9(14)10(15)16/h9H,4-8H2,1-3H3,(H,15,16)/t9-/m0/s1. The molecule has 1 saturated carbocycles. The number of ether oxygens (including phenoxy) is 1. The Morgan fingerprint density at radius 3 is 2.33 bits per heavy atom. The molecule has 18 heavy (non-hydrogen) atoms. The number of carbonyl (C=O) groups excluding carboxylic acids is 1. The van der Waals surface area contributed by atoms with Crippen LogP contribution in [-0.2, 0) is 9.53 Å². The molecule has 1 spiro atoms. The second kappa shape index (κ2) is 4.14. The number of hydrogen-bond donors (Lipinski definition) is 1. The summed E-state index contributed by atoms with van der Waals surface area (Å²) >= 11 is 0. The summed E-state index contributed by atoms with van der Waals surface area (Å²) in [6, 6.07) is -0.726. The maximum absolute atomic E-state index is 12.0. The van der Waals surface area contributed by atoms with Gasteiger partial charge in [-0.25, -0.2) is 9.59 Å². The fraction of sp³-hybridized carbons (Fsp3) is 0.846. The predicted molar refractivity (Wildman–Crippen MR) is 65.3 cm³/mol. The van der Waals surface area contributed by atoms with Crippen molar-refractivity contribution in [2.45, 2.75) is 58.1 Å². The Kier molecular flexibility index (Phi) is 3.03. The van der Waals surface area contributed by atoms with E-state index >= 15 is 0 Å². The van der Waals surface area contributed by atoms with Crippen molar-refractivity contribution in [3.05, 3.63) is 0 Å². The van der Waals surface area contributed by atoms with Crippen molar-refractivity contribution in [2.24, 2.45) is 5.41 Å². The van der Waals surface area contributed by atoms with Crippen LogP contribution in [0.25, 0.3) is 0 Å². The molecule has 2 rings (SSSR count). The molecule has 0 bridgehead atoms. The summed E-state index contributed by atoms with van der Waals surface area (Å²) in [4.78, 5) is 24.7. The summed E-state index contributed by atoms with van der Waals surface area (Å²) in [5.74, 6) is -0.924. The Bertz CT molecular complexity index is 368. The highest BCUT2D eigenvalue weighted by Gasteiger charge is 2.51. The van der Waals surface area contributed by atoms with E-state index < -0.39 is 23.7 Å². The highest BCUT2D eigenvalue weighted by Crippen LogP contribution is 2.55. The zero-order valence-corrected chi connectivity index (χ0v) is 11.2. The summed E-state index contributed by atoms with van der Waals surface area (Å²) < 4.78 is 5.27. The van der Waals surface area contributed by atoms with Crippen LogP contribution in [-0.4, -0.2) is 40.3 Å². The highest BCUT2D eigenvalue weighted by molar-refractivity contribution is 5.80. The first-order valence-electron chi connectivity index (χ1n) is 6.45. The van der Waals surface area contributed by atoms with Gasteiger partial charge >= 0.3 is 12.1 Å². The molecule has 1 aliphatic carbocycles. The van der Waals surface area contributed by atoms with Crippen molar-refractivity contribution >= 4 is 12.1 Å². The van der Waals surface area contributed by atoms with E-state index in [0.717, 1.165) is 19.3 Å². The summed E-state index contributed by atoms with van der Waals surface area (Å²) in [6.07, 6.45) is 3.15. The van der Waals surface area contributed by atoms with Gasteiger partial charge in [0.25, 0.3) is 0 Å². The first-order chi connectivity index (χ1) is 8.22. The van der Waals surface area contributed by atoms with Crippen LogP contribution in [0.1, 0.15) is 46.5 Å². The Labute approximate surface area is 107 Å². The number of carboxylic acid groups (broad SMARTS) is 1. The van der Waals surface area contributed by atoms with E-state index in [-0.39, 0.29) is 5.41 Å². The lowest BCUT2D eigenvalue weighted by Crippen LogP contribution is -2.52. The normalized spacial score (nSPS) is 25.9. The van der Waals surface area contributed by atoms with E-state index in [2.05, 4.69) is 0 Å². The Morgan fingerprint density at radius 2 is 1.89 bits per heavy atom. The number of nitrogens with zero attached hydrogens (tertiary/aromatic N) is 1. The molecule has 1 N–H and O–H groups in total. The van der Waals surface area contributed by atoms with Crippen molar-refractivity contribution in [1.29, 1.82) is 0 Å². The average molecular weight is 255 g/mol. The maximum atomic E-state index is 12.0. The molecule has 1 heterocycles. The lowest BCUT2D eigenvalue weighted by Gasteiger charge is -2.38. The first-order valence-corrected chi connectivity index (χ1v) is 6.45. The van der Waals surface area contributed by atoms with Crippen molar-refractivity contribution in [3.8, 4) is 0 Å². The molecule has 0 aromatic rings. The minimum Gasteiger partial charge on any atom is -0.480 e. The molecule has 1 amide bonds. The van der Waals surface area contributed by atoms with Crippen LogP contribution >= 0.6 is 0 Å². The molecule has 1 saturated heterocycles. The van der Waals surface area contributed by atoms with Crippen molar-refractivity contribution < 1.29 is 19.4 Å². The number of likely N-dealkylation sites (tertiary alicyclic amines) is 1. The minimum atomic E-state index is -0.924. The van der Waals surface area contributed by atoms with E-state index in [4.69, 9.17) is 4.74 Å². The monoisotopic (exact) mass is 255 g/mol. The third kappa shape index (κ3) is 2.76. The van der Waals surface area contributed by atoms with Crippen LogP contribution in [0.15, 0.2) is 0 Å². The Balaban J connectivity index is 2.06. The van der Waals surface area contributed by atoms with Crippen LogP contribution < -0.4 is 0 Å². The minimum absolute atomic E-state index is 0.196. The lowest BCUT2D eigenvalue weighted by atomic mass is 9.88. The number of piperidine rings is 1. The zero-order chi connectivity index (χ0) is 13.6. The number of hydrogen-bond acceptors (Lipinski definition) is 3. The van der Waals surface area contributed by atoms with E-state index in [1.807, 2.05) is 0 Å². The molecule has 0 unspecified atom stereocenters. The van der Waals surface area contributed by atoms with Gasteiger partial charge in [0.2, 0.25) is 0 Å². The van der Waals surface area contributed by atoms with E-state index in [0.29, 0.717) is 13.0 Å². The van der Waals surface area contributed by atoms with Crippen LogP contribution in [0, 0.1) is 5.41 Å². The van der Waals surface area contributed by atoms with E-state index in [9.17, 15) is 14.7 Å². The van der Waals surface area contributed by atoms with Crippen LogP contribution in [0.2, 0.25) is 0 Å². The quantitative estimate of drug-likeness (QED) is 0.780. The average Bonchev–Trinajstić information content (AvgIpc) is 2.94. The molecular formula is C13H21NO4. The molecule has 0 aromatic carbocycles. The highest BCUT2D eigenvalue weighted by atomic mass is 16.6. The summed E-state index contributed by atoms with van der Waals surface area (Å²) in [5.41, 5.74) is -0.392. The third-order valence-electron chi connectivity index (χ3n) is 3.76. The third-order valence-corrected chi connectivity index (χ3v) is 3.76. The van der Waals surface area contributed by atoms with Crippen LogP contribution in [0.4, 0.5) is 4.79 Å². The first kappa shape index (κ1) is 13.2. The van der Waals surface area contributed by atoms with E-state index in [1.165, 1.54) is 4.90 Å². The van der Waals surface area contributed by atoms with Crippen molar-refractivity contribution in [1.82, 2.24) is 4.90 Å². The molecule has 5 heteroatoms. The maximum Gasteiger partial charge on any atom is 0.411 e. The molecule has 0 radical (unpaired) electrons. The number of carbonyl (C=O) groups is 2. The smallest absolute Gasteiger partial charge is 0.411 e. The molecule has 2 fully saturated rings. The van der Waals surface area contributed by atoms with Gasteiger partial charge in [-0.1, -0.05) is 0 Å². The van der Waals surface area contributed by atoms with Gasteiger partial charge in [0, 0.05) is 6.54 Å². The molecule has 5 nitrogen and oxygen atoms in total. The second-order valence-electron chi connectivity index (χ2n) is 6.48. The van der Waals surface area contributed by atoms with Gasteiger partial charge in [0.15, 0.2) is 0 Å². The van der Waals surface area contributed by atoms with Gasteiger partial charge in [-0.05, 0) is 51.9 Å². The van der Waals surface area contributed by atoms with Gasteiger partial charge in [-0.15, -0.1) is 0 Å². The second-order valence-corrected chi connectivity index (χ2v) is 6.48. The number of aliphatic carboxylic acids is 1. The van der Waals surface area contributed by atoms with Crippen LogP contribution in [0.3, 0.4) is 0 Å². The molecule has 2 aliphatic rings. The number of carboxylic acids is 1. The van der Waals surface area contributed by atoms with Gasteiger partial charge in [-0.2, -0.15) is 0 Å². The van der Waals surface area contributed by atoms with E-state index in [1.54, 1.807) is 20.8 Å². The fourth-order valence-corrected chi connectivity index (χ4v) is 2.53. The summed E-state index contributed by atoms with van der Waals surface area (Å²) in [5, 5.41) is 9.27. The molecule has 1 aliphatic heterocycles. The fourth-order valence-electron chi connectivity index (χ4n) is 2.53. The lowest BCUT2D eigenvalue weighted by molar-refractivity contribution is -0.145. The van der Waals surface area contributed by atoms with Gasteiger partial charge < -0.3 is 9.84 Å². The zero-order valence-electron chi connectivity index (χ0n) is 11.2. The number of rotatable bonds is 1. The van der Waals surface area contributed by atoms with Gasteiger partial charge in [0.1, 0.15) is 11.6 Å².